The number of amides is 2. The Bertz CT molecular complexity index is 483. The highest BCUT2D eigenvalue weighted by molar-refractivity contribution is 7.99. The number of likely N-dealkylation sites (tertiary alicyclic amines) is 1. The van der Waals surface area contributed by atoms with Crippen LogP contribution in [0.1, 0.15) is 51.5 Å². The lowest BCUT2D eigenvalue weighted by Crippen LogP contribution is -2.49. The summed E-state index contributed by atoms with van der Waals surface area (Å²) in [6, 6.07) is 0.995. The summed E-state index contributed by atoms with van der Waals surface area (Å²) in [6.07, 6.45) is 12.6. The van der Waals surface area contributed by atoms with Gasteiger partial charge in [0, 0.05) is 42.8 Å². The predicted octanol–water partition coefficient (Wildman–Crippen LogP) is 3.29. The molecule has 0 aromatic carbocycles. The molecule has 0 spiro atoms. The smallest absolute Gasteiger partial charge is 0.317 e. The quantitative estimate of drug-likeness (QED) is 0.918. The van der Waals surface area contributed by atoms with Crippen LogP contribution in [0.4, 0.5) is 4.79 Å². The average molecular weight is 337 g/mol. The summed E-state index contributed by atoms with van der Waals surface area (Å²) in [5, 5.41) is 4.01. The SMILES string of the molecule is CCS[C@H]1CCC[C@H](NC(=O)N2CCC(n3ccnc3)CC2)C1. The summed E-state index contributed by atoms with van der Waals surface area (Å²) in [6.45, 7) is 3.90. The van der Waals surface area contributed by atoms with Gasteiger partial charge in [-0.05, 0) is 37.9 Å². The van der Waals surface area contributed by atoms with Gasteiger partial charge in [0.25, 0.3) is 0 Å². The molecular weight excluding hydrogens is 308 g/mol. The van der Waals surface area contributed by atoms with Crippen LogP contribution in [-0.2, 0) is 0 Å². The van der Waals surface area contributed by atoms with E-state index in [9.17, 15) is 4.79 Å². The second-order valence-electron chi connectivity index (χ2n) is 6.62. The molecule has 3 rings (SSSR count). The number of nitrogens with zero attached hydrogens (tertiary/aromatic N) is 3. The van der Waals surface area contributed by atoms with E-state index in [1.807, 2.05) is 35.4 Å². The van der Waals surface area contributed by atoms with Crippen LogP contribution in [-0.4, -0.2) is 50.6 Å². The first-order chi connectivity index (χ1) is 11.3. The lowest BCUT2D eigenvalue weighted by Gasteiger charge is -2.35. The molecule has 2 amide bonds. The number of urea groups is 1. The van der Waals surface area contributed by atoms with Crippen LogP contribution in [0.15, 0.2) is 18.7 Å². The highest BCUT2D eigenvalue weighted by atomic mass is 32.2. The van der Waals surface area contributed by atoms with Gasteiger partial charge in [-0.3, -0.25) is 0 Å². The number of carbonyl (C=O) groups excluding carboxylic acids is 1. The van der Waals surface area contributed by atoms with Crippen molar-refractivity contribution in [1.82, 2.24) is 19.8 Å². The zero-order chi connectivity index (χ0) is 16.1. The number of thioether (sulfide) groups is 1. The molecule has 2 atom stereocenters. The number of nitrogens with one attached hydrogen (secondary N) is 1. The molecule has 1 aliphatic heterocycles. The molecule has 0 unspecified atom stereocenters. The lowest BCUT2D eigenvalue weighted by molar-refractivity contribution is 0.165. The maximum absolute atomic E-state index is 12.5. The lowest BCUT2D eigenvalue weighted by atomic mass is 9.95. The molecule has 1 saturated carbocycles. The van der Waals surface area contributed by atoms with E-state index in [2.05, 4.69) is 21.8 Å². The summed E-state index contributed by atoms with van der Waals surface area (Å²) in [7, 11) is 0. The topological polar surface area (TPSA) is 50.2 Å². The van der Waals surface area contributed by atoms with Crippen molar-refractivity contribution >= 4 is 17.8 Å². The third-order valence-electron chi connectivity index (χ3n) is 5.05. The summed E-state index contributed by atoms with van der Waals surface area (Å²) in [5.74, 6) is 1.17. The fourth-order valence-corrected chi connectivity index (χ4v) is 4.95. The van der Waals surface area contributed by atoms with Crippen molar-refractivity contribution in [2.45, 2.75) is 62.8 Å². The Morgan fingerprint density at radius 2 is 2.13 bits per heavy atom. The fourth-order valence-electron chi connectivity index (χ4n) is 3.78. The molecule has 0 radical (unpaired) electrons. The molecule has 1 aromatic rings. The van der Waals surface area contributed by atoms with Gasteiger partial charge in [0.2, 0.25) is 0 Å². The van der Waals surface area contributed by atoms with E-state index in [1.165, 1.54) is 18.6 Å². The average Bonchev–Trinajstić information content (AvgIpc) is 3.10. The molecule has 1 N–H and O–H groups in total. The maximum atomic E-state index is 12.5. The Labute approximate surface area is 143 Å². The van der Waals surface area contributed by atoms with Gasteiger partial charge in [0.1, 0.15) is 0 Å². The molecule has 2 aliphatic rings. The van der Waals surface area contributed by atoms with E-state index >= 15 is 0 Å². The first kappa shape index (κ1) is 16.7. The minimum absolute atomic E-state index is 0.140. The molecule has 1 saturated heterocycles. The van der Waals surface area contributed by atoms with Crippen LogP contribution in [0.2, 0.25) is 0 Å². The van der Waals surface area contributed by atoms with E-state index in [4.69, 9.17) is 0 Å². The Morgan fingerprint density at radius 3 is 2.83 bits per heavy atom. The van der Waals surface area contributed by atoms with Gasteiger partial charge in [-0.1, -0.05) is 13.3 Å². The molecule has 23 heavy (non-hydrogen) atoms. The maximum Gasteiger partial charge on any atom is 0.317 e. The summed E-state index contributed by atoms with van der Waals surface area (Å²) in [5.41, 5.74) is 0. The second kappa shape index (κ2) is 8.08. The standard InChI is InChI=1S/C17H28N4OS/c1-2-23-16-5-3-4-14(12-16)19-17(22)20-9-6-15(7-10-20)21-11-8-18-13-21/h8,11,13-16H,2-7,9-10,12H2,1H3,(H,19,22)/t14-,16-/m0/s1. The van der Waals surface area contributed by atoms with Crippen LogP contribution in [0.5, 0.6) is 0 Å². The number of carbonyl (C=O) groups is 1. The van der Waals surface area contributed by atoms with E-state index in [0.717, 1.165) is 44.0 Å². The van der Waals surface area contributed by atoms with Crippen LogP contribution in [0, 0.1) is 0 Å². The third kappa shape index (κ3) is 4.43. The van der Waals surface area contributed by atoms with E-state index < -0.39 is 0 Å². The monoisotopic (exact) mass is 336 g/mol. The van der Waals surface area contributed by atoms with Crippen molar-refractivity contribution in [3.63, 3.8) is 0 Å². The van der Waals surface area contributed by atoms with Crippen molar-refractivity contribution in [2.24, 2.45) is 0 Å². The van der Waals surface area contributed by atoms with Gasteiger partial charge in [-0.25, -0.2) is 9.78 Å². The van der Waals surface area contributed by atoms with Crippen molar-refractivity contribution in [1.29, 1.82) is 0 Å². The summed E-state index contributed by atoms with van der Waals surface area (Å²) in [4.78, 5) is 18.6. The minimum atomic E-state index is 0.140. The largest absolute Gasteiger partial charge is 0.335 e. The molecule has 2 heterocycles. The van der Waals surface area contributed by atoms with Crippen molar-refractivity contribution in [2.75, 3.05) is 18.8 Å². The number of aromatic nitrogens is 2. The van der Waals surface area contributed by atoms with E-state index in [1.54, 1.807) is 0 Å². The Balaban J connectivity index is 1.44. The third-order valence-corrected chi connectivity index (χ3v) is 6.29. The molecule has 6 heteroatoms. The molecule has 0 bridgehead atoms. The zero-order valence-corrected chi connectivity index (χ0v) is 14.8. The van der Waals surface area contributed by atoms with Crippen LogP contribution in [0.3, 0.4) is 0 Å². The normalized spacial score (nSPS) is 26.2. The molecule has 1 aromatic heterocycles. The zero-order valence-electron chi connectivity index (χ0n) is 14.0. The fraction of sp³-hybridized carbons (Fsp3) is 0.765. The van der Waals surface area contributed by atoms with Gasteiger partial charge >= 0.3 is 6.03 Å². The van der Waals surface area contributed by atoms with Crippen molar-refractivity contribution in [3.8, 4) is 0 Å². The predicted molar refractivity (Wildman–Crippen MR) is 94.8 cm³/mol. The molecule has 1 aliphatic carbocycles. The molecule has 2 fully saturated rings. The molecular formula is C17H28N4OS. The number of rotatable bonds is 4. The van der Waals surface area contributed by atoms with Gasteiger partial charge in [-0.15, -0.1) is 0 Å². The highest BCUT2D eigenvalue weighted by Crippen LogP contribution is 2.29. The first-order valence-corrected chi connectivity index (χ1v) is 9.95. The molecule has 5 nitrogen and oxygen atoms in total. The summed E-state index contributed by atoms with van der Waals surface area (Å²) >= 11 is 2.04. The van der Waals surface area contributed by atoms with Gasteiger partial charge < -0.3 is 14.8 Å². The number of hydrogen-bond acceptors (Lipinski definition) is 3. The van der Waals surface area contributed by atoms with Crippen LogP contribution >= 0.6 is 11.8 Å². The molecule has 128 valence electrons. The van der Waals surface area contributed by atoms with Crippen molar-refractivity contribution < 1.29 is 4.79 Å². The second-order valence-corrected chi connectivity index (χ2v) is 8.20. The number of imidazole rings is 1. The minimum Gasteiger partial charge on any atom is -0.335 e. The highest BCUT2D eigenvalue weighted by Gasteiger charge is 2.27. The Kier molecular flexibility index (Phi) is 5.86. The van der Waals surface area contributed by atoms with Gasteiger partial charge in [0.15, 0.2) is 0 Å². The Hall–Kier alpha value is -1.17. The summed E-state index contributed by atoms with van der Waals surface area (Å²) < 4.78 is 2.17. The Morgan fingerprint density at radius 1 is 1.30 bits per heavy atom. The van der Waals surface area contributed by atoms with E-state index in [0.29, 0.717) is 12.1 Å². The van der Waals surface area contributed by atoms with E-state index in [-0.39, 0.29) is 6.03 Å². The van der Waals surface area contributed by atoms with Crippen LogP contribution in [0.25, 0.3) is 0 Å². The van der Waals surface area contributed by atoms with Crippen molar-refractivity contribution in [3.05, 3.63) is 18.7 Å². The first-order valence-electron chi connectivity index (χ1n) is 8.90. The number of piperidine rings is 1. The van der Waals surface area contributed by atoms with Crippen LogP contribution < -0.4 is 5.32 Å². The number of hydrogen-bond donors (Lipinski definition) is 1. The van der Waals surface area contributed by atoms with Gasteiger partial charge in [-0.2, -0.15) is 11.8 Å². The van der Waals surface area contributed by atoms with Gasteiger partial charge in [0.05, 0.1) is 6.33 Å².